The maximum absolute atomic E-state index is 13.0. The van der Waals surface area contributed by atoms with Crippen LogP contribution in [0.3, 0.4) is 0 Å². The van der Waals surface area contributed by atoms with Crippen molar-refractivity contribution in [3.05, 3.63) is 77.0 Å². The highest BCUT2D eigenvalue weighted by Gasteiger charge is 2.33. The molecule has 0 unspecified atom stereocenters. The summed E-state index contributed by atoms with van der Waals surface area (Å²) >= 11 is 5.18. The predicted molar refractivity (Wildman–Crippen MR) is 127 cm³/mol. The Morgan fingerprint density at radius 3 is 2.44 bits per heavy atom. The average Bonchev–Trinajstić information content (AvgIpc) is 3.26. The zero-order valence-corrected chi connectivity index (χ0v) is 18.4. The second-order valence-electron chi connectivity index (χ2n) is 7.55. The van der Waals surface area contributed by atoms with Crippen LogP contribution in [-0.4, -0.2) is 54.6 Å². The molecule has 2 aromatic carbocycles. The summed E-state index contributed by atoms with van der Waals surface area (Å²) in [4.78, 5) is 40.9. The van der Waals surface area contributed by atoms with Crippen molar-refractivity contribution in [2.45, 2.75) is 6.42 Å². The highest BCUT2D eigenvalue weighted by atomic mass is 32.1. The van der Waals surface area contributed by atoms with Crippen LogP contribution in [0, 0.1) is 0 Å². The third-order valence-electron chi connectivity index (χ3n) is 5.29. The van der Waals surface area contributed by atoms with Gasteiger partial charge in [0.2, 0.25) is 0 Å². The fraction of sp³-hybridized carbons (Fsp3) is 0.0833. The third-order valence-corrected chi connectivity index (χ3v) is 5.62. The largest absolute Gasteiger partial charge is 0.508 e. The van der Waals surface area contributed by atoms with E-state index in [-0.39, 0.29) is 34.3 Å². The number of nitrogens with one attached hydrogen (secondary N) is 2. The molecule has 1 aliphatic rings. The molecule has 34 heavy (non-hydrogen) atoms. The van der Waals surface area contributed by atoms with Gasteiger partial charge in [0.05, 0.1) is 0 Å². The van der Waals surface area contributed by atoms with Gasteiger partial charge in [-0.3, -0.25) is 19.8 Å². The van der Waals surface area contributed by atoms with Gasteiger partial charge in [0.15, 0.2) is 5.11 Å². The number of hydrogen-bond acceptors (Lipinski definition) is 6. The number of carboxylic acids is 1. The zero-order valence-electron chi connectivity index (χ0n) is 17.6. The van der Waals surface area contributed by atoms with Crippen molar-refractivity contribution >= 4 is 41.2 Å². The molecule has 1 aliphatic heterocycles. The van der Waals surface area contributed by atoms with Gasteiger partial charge in [-0.2, -0.15) is 0 Å². The first-order valence-electron chi connectivity index (χ1n) is 10.2. The van der Waals surface area contributed by atoms with E-state index in [1.807, 2.05) is 0 Å². The summed E-state index contributed by atoms with van der Waals surface area (Å²) in [5.74, 6) is -2.62. The van der Waals surface area contributed by atoms with Gasteiger partial charge < -0.3 is 20.3 Å². The molecule has 5 N–H and O–H groups in total. The van der Waals surface area contributed by atoms with Gasteiger partial charge in [-0.05, 0) is 66.7 Å². The maximum Gasteiger partial charge on any atom is 0.339 e. The minimum absolute atomic E-state index is 0.0205. The van der Waals surface area contributed by atoms with Gasteiger partial charge in [-0.15, -0.1) is 0 Å². The summed E-state index contributed by atoms with van der Waals surface area (Å²) in [6.07, 6.45) is 1.87. The van der Waals surface area contributed by atoms with Crippen LogP contribution in [0.15, 0.2) is 60.2 Å². The Morgan fingerprint density at radius 2 is 1.76 bits per heavy atom. The molecule has 0 atom stereocenters. The summed E-state index contributed by atoms with van der Waals surface area (Å²) in [5, 5.41) is 30.9. The smallest absolute Gasteiger partial charge is 0.339 e. The van der Waals surface area contributed by atoms with Gasteiger partial charge in [0, 0.05) is 23.5 Å². The molecule has 0 bridgehead atoms. The van der Waals surface area contributed by atoms with Crippen LogP contribution in [0.25, 0.3) is 17.3 Å². The van der Waals surface area contributed by atoms with E-state index in [1.165, 1.54) is 29.2 Å². The molecule has 0 saturated carbocycles. The topological polar surface area (TPSA) is 143 Å². The molecule has 9 nitrogen and oxygen atoms in total. The molecule has 0 aliphatic carbocycles. The first-order chi connectivity index (χ1) is 16.2. The Bertz CT molecular complexity index is 1340. The number of rotatable bonds is 6. The number of aromatic amines is 1. The second-order valence-corrected chi connectivity index (χ2v) is 7.94. The van der Waals surface area contributed by atoms with E-state index in [0.29, 0.717) is 23.4 Å². The second kappa shape index (κ2) is 9.20. The fourth-order valence-electron chi connectivity index (χ4n) is 3.50. The van der Waals surface area contributed by atoms with E-state index in [4.69, 9.17) is 17.3 Å². The number of thiocarbonyl (C=S) groups is 1. The number of carboxylic acid groups (broad SMARTS) is 1. The molecule has 1 aromatic heterocycles. The fourth-order valence-corrected chi connectivity index (χ4v) is 3.77. The van der Waals surface area contributed by atoms with Crippen molar-refractivity contribution in [1.29, 1.82) is 0 Å². The van der Waals surface area contributed by atoms with E-state index in [9.17, 15) is 24.6 Å². The summed E-state index contributed by atoms with van der Waals surface area (Å²) in [7, 11) is 0. The summed E-state index contributed by atoms with van der Waals surface area (Å²) in [5.41, 5.74) is 2.12. The highest BCUT2D eigenvalue weighted by Crippen LogP contribution is 2.27. The number of aromatic nitrogens is 1. The standard InChI is InChI=1S/C24H19N3O6S/c28-16-5-1-13(2-6-16)9-10-27-22(31)18(21(30)26-24(27)34)12-15-4-8-19(25-15)14-3-7-17(23(32)33)20(29)11-14/h1-8,11-12,25,28-29H,9-10H2,(H,32,33)(H,26,30,34). The molecule has 2 amide bonds. The number of hydrogen-bond donors (Lipinski definition) is 5. The highest BCUT2D eigenvalue weighted by molar-refractivity contribution is 7.80. The van der Waals surface area contributed by atoms with Crippen molar-refractivity contribution < 1.29 is 29.7 Å². The summed E-state index contributed by atoms with van der Waals surface area (Å²) in [6, 6.07) is 14.1. The van der Waals surface area contributed by atoms with Crippen molar-refractivity contribution in [3.8, 4) is 22.8 Å². The van der Waals surface area contributed by atoms with E-state index in [1.54, 1.807) is 36.4 Å². The molecule has 4 rings (SSSR count). The van der Waals surface area contributed by atoms with Crippen LogP contribution >= 0.6 is 12.2 Å². The minimum atomic E-state index is -1.24. The SMILES string of the molecule is O=C1NC(=S)N(CCc2ccc(O)cc2)C(=O)C1=Cc1ccc(-c2ccc(C(=O)O)c(O)c2)[nH]1. The molecule has 1 fully saturated rings. The molecule has 2 heterocycles. The van der Waals surface area contributed by atoms with Crippen molar-refractivity contribution in [3.63, 3.8) is 0 Å². The van der Waals surface area contributed by atoms with Gasteiger partial charge >= 0.3 is 5.97 Å². The maximum atomic E-state index is 13.0. The molecule has 172 valence electrons. The molecule has 0 radical (unpaired) electrons. The Balaban J connectivity index is 1.54. The van der Waals surface area contributed by atoms with E-state index in [2.05, 4.69) is 10.3 Å². The first kappa shape index (κ1) is 22.7. The molecular weight excluding hydrogens is 458 g/mol. The predicted octanol–water partition coefficient (Wildman–Crippen LogP) is 2.66. The summed E-state index contributed by atoms with van der Waals surface area (Å²) in [6.45, 7) is 0.241. The third kappa shape index (κ3) is 4.66. The Kier molecular flexibility index (Phi) is 6.15. The Hall–Kier alpha value is -4.44. The van der Waals surface area contributed by atoms with Crippen molar-refractivity contribution in [2.75, 3.05) is 6.54 Å². The lowest BCUT2D eigenvalue weighted by atomic mass is 10.1. The first-order valence-corrected chi connectivity index (χ1v) is 10.6. The normalized spacial score (nSPS) is 15.0. The number of aromatic carboxylic acids is 1. The molecule has 1 saturated heterocycles. The van der Waals surface area contributed by atoms with E-state index < -0.39 is 17.8 Å². The Morgan fingerprint density at radius 1 is 1.03 bits per heavy atom. The number of phenolic OH excluding ortho intramolecular Hbond substituents is 1. The van der Waals surface area contributed by atoms with Crippen LogP contribution in [-0.2, 0) is 16.0 Å². The van der Waals surface area contributed by atoms with Gasteiger partial charge in [-0.25, -0.2) is 4.79 Å². The Labute approximate surface area is 199 Å². The van der Waals surface area contributed by atoms with E-state index in [0.717, 1.165) is 5.56 Å². The van der Waals surface area contributed by atoms with Crippen molar-refractivity contribution in [1.82, 2.24) is 15.2 Å². The minimum Gasteiger partial charge on any atom is -0.508 e. The molecule has 0 spiro atoms. The van der Waals surface area contributed by atoms with Crippen molar-refractivity contribution in [2.24, 2.45) is 0 Å². The lowest BCUT2D eigenvalue weighted by Gasteiger charge is -2.28. The van der Waals surface area contributed by atoms with Gasteiger partial charge in [0.1, 0.15) is 22.6 Å². The number of carbonyl (C=O) groups is 3. The number of carbonyl (C=O) groups excluding carboxylic acids is 2. The molecular formula is C24H19N3O6S. The van der Waals surface area contributed by atoms with Crippen LogP contribution in [0.2, 0.25) is 0 Å². The van der Waals surface area contributed by atoms with E-state index >= 15 is 0 Å². The number of H-pyrrole nitrogens is 1. The molecule has 10 heteroatoms. The zero-order chi connectivity index (χ0) is 24.4. The number of phenols is 2. The average molecular weight is 477 g/mol. The monoisotopic (exact) mass is 477 g/mol. The lowest BCUT2D eigenvalue weighted by molar-refractivity contribution is -0.128. The lowest BCUT2D eigenvalue weighted by Crippen LogP contribution is -2.54. The number of aromatic hydroxyl groups is 2. The number of benzene rings is 2. The van der Waals surface area contributed by atoms with Crippen LogP contribution < -0.4 is 5.32 Å². The number of amides is 2. The number of nitrogens with zero attached hydrogens (tertiary/aromatic N) is 1. The molecule has 3 aromatic rings. The quantitative estimate of drug-likeness (QED) is 0.209. The van der Waals surface area contributed by atoms with Gasteiger partial charge in [-0.1, -0.05) is 18.2 Å². The van der Waals surface area contributed by atoms with Crippen LogP contribution in [0.5, 0.6) is 11.5 Å². The van der Waals surface area contributed by atoms with Crippen LogP contribution in [0.4, 0.5) is 0 Å². The van der Waals surface area contributed by atoms with Gasteiger partial charge in [0.25, 0.3) is 11.8 Å². The van der Waals surface area contributed by atoms with Crippen LogP contribution in [0.1, 0.15) is 21.6 Å². The summed E-state index contributed by atoms with van der Waals surface area (Å²) < 4.78 is 0.